The van der Waals surface area contributed by atoms with Gasteiger partial charge in [0.05, 0.1) is 16.6 Å². The molecule has 0 N–H and O–H groups in total. The molecule has 0 unspecified atom stereocenters. The molecule has 0 atom stereocenters. The summed E-state index contributed by atoms with van der Waals surface area (Å²) < 4.78 is 2.46. The second kappa shape index (κ2) is 12.9. The average Bonchev–Trinajstić information content (AvgIpc) is 3.90. The van der Waals surface area contributed by atoms with Gasteiger partial charge in [-0.25, -0.2) is 0 Å². The molecule has 2 aliphatic carbocycles. The fraction of sp³-hybridized carbons (Fsp3) is 0.0877. The van der Waals surface area contributed by atoms with Crippen molar-refractivity contribution in [2.24, 2.45) is 0 Å². The number of para-hydroxylation sites is 2. The smallest absolute Gasteiger partial charge is 0.0626 e. The third kappa shape index (κ3) is 5.06. The Hall–Kier alpha value is -7.16. The molecule has 0 amide bonds. The second-order valence-corrected chi connectivity index (χ2v) is 16.8. The van der Waals surface area contributed by atoms with Crippen molar-refractivity contribution < 1.29 is 0 Å². The van der Waals surface area contributed by atoms with Gasteiger partial charge < -0.3 is 9.30 Å². The molecular weight excluding hydrogens is 713 g/mol. The van der Waals surface area contributed by atoms with E-state index in [4.69, 9.17) is 0 Å². The fourth-order valence-electron chi connectivity index (χ4n) is 10.5. The van der Waals surface area contributed by atoms with Crippen LogP contribution in [0.2, 0.25) is 0 Å². The molecule has 2 heterocycles. The van der Waals surface area contributed by atoms with E-state index in [1.807, 2.05) is 0 Å². The summed E-state index contributed by atoms with van der Waals surface area (Å²) in [6, 6.07) is 69.4. The first-order valence-electron chi connectivity index (χ1n) is 20.9. The number of fused-ring (bicyclic) bond motifs is 8. The van der Waals surface area contributed by atoms with E-state index in [-0.39, 0.29) is 5.41 Å². The summed E-state index contributed by atoms with van der Waals surface area (Å²) in [5.74, 6) is 0. The van der Waals surface area contributed by atoms with Gasteiger partial charge in [0.1, 0.15) is 0 Å². The zero-order chi connectivity index (χ0) is 39.2. The Bertz CT molecular complexity index is 3310. The normalized spacial score (nSPS) is 14.6. The van der Waals surface area contributed by atoms with E-state index in [9.17, 15) is 0 Å². The first kappa shape index (κ1) is 33.9. The number of benzene rings is 8. The van der Waals surface area contributed by atoms with Crippen molar-refractivity contribution in [1.82, 2.24) is 4.40 Å². The van der Waals surface area contributed by atoms with E-state index in [1.54, 1.807) is 5.57 Å². The van der Waals surface area contributed by atoms with Crippen LogP contribution in [0, 0.1) is 0 Å². The predicted molar refractivity (Wildman–Crippen MR) is 250 cm³/mol. The van der Waals surface area contributed by atoms with Gasteiger partial charge in [0, 0.05) is 44.0 Å². The Morgan fingerprint density at radius 3 is 1.73 bits per heavy atom. The van der Waals surface area contributed by atoms with Crippen LogP contribution in [0.5, 0.6) is 0 Å². The van der Waals surface area contributed by atoms with Crippen LogP contribution in [0.25, 0.3) is 71.5 Å². The fourth-order valence-corrected chi connectivity index (χ4v) is 10.5. The molecule has 280 valence electrons. The molecule has 0 radical (unpaired) electrons. The van der Waals surface area contributed by atoms with Crippen molar-refractivity contribution in [3.63, 3.8) is 0 Å². The lowest BCUT2D eigenvalue weighted by atomic mass is 9.77. The van der Waals surface area contributed by atoms with Gasteiger partial charge in [-0.1, -0.05) is 165 Å². The van der Waals surface area contributed by atoms with Gasteiger partial charge >= 0.3 is 0 Å². The van der Waals surface area contributed by atoms with E-state index in [1.165, 1.54) is 88.2 Å². The summed E-state index contributed by atoms with van der Waals surface area (Å²) in [6.45, 7) is 4.80. The molecule has 59 heavy (non-hydrogen) atoms. The molecule has 2 nitrogen and oxygen atoms in total. The van der Waals surface area contributed by atoms with Crippen molar-refractivity contribution in [3.05, 3.63) is 216 Å². The summed E-state index contributed by atoms with van der Waals surface area (Å²) in [4.78, 5) is 2.39. The lowest BCUT2D eigenvalue weighted by Gasteiger charge is -2.28. The molecule has 0 saturated carbocycles. The molecule has 0 spiro atoms. The second-order valence-electron chi connectivity index (χ2n) is 16.8. The number of anilines is 3. The van der Waals surface area contributed by atoms with Gasteiger partial charge in [0.2, 0.25) is 0 Å². The molecule has 8 aromatic carbocycles. The van der Waals surface area contributed by atoms with Crippen molar-refractivity contribution in [2.75, 3.05) is 4.90 Å². The zero-order valence-corrected chi connectivity index (χ0v) is 33.3. The number of hydrogen-bond donors (Lipinski definition) is 0. The van der Waals surface area contributed by atoms with Gasteiger partial charge in [-0.3, -0.25) is 0 Å². The number of rotatable bonds is 6. The van der Waals surface area contributed by atoms with E-state index < -0.39 is 0 Å². The van der Waals surface area contributed by atoms with Crippen molar-refractivity contribution in [2.45, 2.75) is 32.1 Å². The number of aromatic nitrogens is 1. The molecule has 0 bridgehead atoms. The summed E-state index contributed by atoms with van der Waals surface area (Å²) in [7, 11) is 0. The highest BCUT2D eigenvalue weighted by atomic mass is 15.1. The summed E-state index contributed by atoms with van der Waals surface area (Å²) in [5.41, 5.74) is 20.6. The third-order valence-electron chi connectivity index (χ3n) is 13.3. The lowest BCUT2D eigenvalue weighted by Crippen LogP contribution is -2.17. The minimum Gasteiger partial charge on any atom is -0.311 e. The van der Waals surface area contributed by atoms with Gasteiger partial charge in [-0.15, -0.1) is 0 Å². The Kier molecular flexibility index (Phi) is 7.43. The summed E-state index contributed by atoms with van der Waals surface area (Å²) in [5, 5.41) is 5.21. The Morgan fingerprint density at radius 2 is 1.02 bits per heavy atom. The first-order valence-corrected chi connectivity index (χ1v) is 20.9. The Balaban J connectivity index is 0.962. The maximum atomic E-state index is 2.46. The molecule has 0 aliphatic heterocycles. The van der Waals surface area contributed by atoms with Crippen LogP contribution < -0.4 is 4.90 Å². The molecular formula is C57H42N2. The largest absolute Gasteiger partial charge is 0.311 e. The summed E-state index contributed by atoms with van der Waals surface area (Å²) >= 11 is 0. The van der Waals surface area contributed by atoms with E-state index >= 15 is 0 Å². The van der Waals surface area contributed by atoms with E-state index in [0.29, 0.717) is 0 Å². The van der Waals surface area contributed by atoms with Crippen LogP contribution in [0.15, 0.2) is 200 Å². The quantitative estimate of drug-likeness (QED) is 0.164. The first-order chi connectivity index (χ1) is 29.0. The van der Waals surface area contributed by atoms with Crippen molar-refractivity contribution in [3.8, 4) is 22.3 Å². The Morgan fingerprint density at radius 1 is 0.458 bits per heavy atom. The molecule has 12 rings (SSSR count). The van der Waals surface area contributed by atoms with Crippen LogP contribution in [0.1, 0.15) is 43.4 Å². The highest BCUT2D eigenvalue weighted by Crippen LogP contribution is 2.54. The van der Waals surface area contributed by atoms with Crippen LogP contribution >= 0.6 is 0 Å². The maximum Gasteiger partial charge on any atom is 0.0626 e. The maximum absolute atomic E-state index is 2.46. The molecule has 0 saturated heterocycles. The minimum atomic E-state index is 0.0479. The monoisotopic (exact) mass is 754 g/mol. The standard InChI is InChI=1S/C57H42N2/c1-57(2)50-19-9-6-16-48(50)54-44(18-12-20-51(54)57)39-25-31-42(32-26-39)58(41-29-23-38(24-30-41)37-13-4-3-5-14-37)43-33-27-40(28-34-43)45-35-36-47-46-15-7-10-21-52(46)59-53-22-11-8-17-49(53)55(45)56(47)59/h3-11,13-19,21-36H,12,20H2,1-2H3. The van der Waals surface area contributed by atoms with Crippen LogP contribution in [0.3, 0.4) is 0 Å². The number of allylic oxidation sites excluding steroid dienone is 4. The lowest BCUT2D eigenvalue weighted by molar-refractivity contribution is 0.608. The SMILES string of the molecule is CC1(C)C2=C(C(c3ccc(N(c4ccc(-c5ccccc5)cc4)c4ccc(-c5ccc6c7ccccc7n7c8ccccc8c5c67)cc4)cc3)=CCC2)c2ccccc21. The summed E-state index contributed by atoms with van der Waals surface area (Å²) in [6.07, 6.45) is 4.65. The predicted octanol–water partition coefficient (Wildman–Crippen LogP) is 15.6. The van der Waals surface area contributed by atoms with Crippen LogP contribution in [0.4, 0.5) is 17.1 Å². The van der Waals surface area contributed by atoms with Crippen molar-refractivity contribution in [1.29, 1.82) is 0 Å². The average molecular weight is 755 g/mol. The van der Waals surface area contributed by atoms with Gasteiger partial charge in [0.25, 0.3) is 0 Å². The van der Waals surface area contributed by atoms with Gasteiger partial charge in [-0.2, -0.15) is 0 Å². The highest BCUT2D eigenvalue weighted by molar-refractivity contribution is 6.27. The van der Waals surface area contributed by atoms with E-state index in [2.05, 4.69) is 217 Å². The Labute approximate surface area is 345 Å². The van der Waals surface area contributed by atoms with Crippen molar-refractivity contribution >= 4 is 66.3 Å². The molecule has 2 aromatic heterocycles. The van der Waals surface area contributed by atoms with Gasteiger partial charge in [-0.05, 0) is 111 Å². The van der Waals surface area contributed by atoms with E-state index in [0.717, 1.165) is 29.9 Å². The van der Waals surface area contributed by atoms with Crippen LogP contribution in [-0.2, 0) is 5.41 Å². The molecule has 2 heteroatoms. The minimum absolute atomic E-state index is 0.0479. The van der Waals surface area contributed by atoms with Crippen LogP contribution in [-0.4, -0.2) is 4.40 Å². The number of nitrogens with zero attached hydrogens (tertiary/aromatic N) is 2. The topological polar surface area (TPSA) is 7.65 Å². The molecule has 0 fully saturated rings. The van der Waals surface area contributed by atoms with Gasteiger partial charge in [0.15, 0.2) is 0 Å². The zero-order valence-electron chi connectivity index (χ0n) is 33.3. The molecule has 10 aromatic rings. The number of hydrogen-bond acceptors (Lipinski definition) is 1. The third-order valence-corrected chi connectivity index (χ3v) is 13.3. The molecule has 2 aliphatic rings. The highest BCUT2D eigenvalue weighted by Gasteiger charge is 2.39.